The van der Waals surface area contributed by atoms with Gasteiger partial charge in [-0.2, -0.15) is 0 Å². The standard InChI is InChI=1S/C12H11O4.C5H5.Fe/c1-12(2)15-10(13)9(11(14)16-12)7-8-5-3-4-6-8;1-2-4-5-3-1;/h3-7H,1-2H3;1-5H;/q;;+2. The van der Waals surface area contributed by atoms with E-state index in [1.54, 1.807) is 12.8 Å². The average Bonchev–Trinajstić information content (AvgIpc) is 3.08. The molecule has 10 radical (unpaired) electrons. The molecular weight excluding hydrogens is 324 g/mol. The Balaban J connectivity index is 0.000000344. The average molecular weight is 340 g/mol. The van der Waals surface area contributed by atoms with Gasteiger partial charge in [-0.25, -0.2) is 9.59 Å². The van der Waals surface area contributed by atoms with Gasteiger partial charge in [0.2, 0.25) is 0 Å². The fourth-order valence-electron chi connectivity index (χ4n) is 1.75. The zero-order chi connectivity index (χ0) is 15.3. The SMILES string of the molecule is CC1(C)OC(=O)C(=C[C]2[CH][CH][CH][CH]2)C(=O)O1.[CH]1[CH][CH][CH][CH]1.[Fe+2]. The first kappa shape index (κ1) is 19.2. The van der Waals surface area contributed by atoms with Crippen LogP contribution in [0.5, 0.6) is 0 Å². The van der Waals surface area contributed by atoms with Crippen molar-refractivity contribution in [2.24, 2.45) is 0 Å². The Bertz CT molecular complexity index is 389. The number of ether oxygens (including phenoxy) is 2. The monoisotopic (exact) mass is 340 g/mol. The smallest absolute Gasteiger partial charge is 0.419 e. The maximum absolute atomic E-state index is 11.6. The molecule has 3 aliphatic rings. The number of cyclic esters (lactones) is 2. The first-order valence-corrected chi connectivity index (χ1v) is 6.55. The van der Waals surface area contributed by atoms with E-state index in [-0.39, 0.29) is 22.6 Å². The predicted octanol–water partition coefficient (Wildman–Crippen LogP) is 2.17. The molecule has 3 rings (SSSR count). The summed E-state index contributed by atoms with van der Waals surface area (Å²) in [6, 6.07) is 0. The molecule has 0 N–H and O–H groups in total. The van der Waals surface area contributed by atoms with Gasteiger partial charge in [-0.15, -0.1) is 0 Å². The maximum Gasteiger partial charge on any atom is 2.00 e. The van der Waals surface area contributed by atoms with Crippen LogP contribution in [0.25, 0.3) is 0 Å². The third kappa shape index (κ3) is 5.77. The van der Waals surface area contributed by atoms with Gasteiger partial charge in [-0.1, -0.05) is 6.08 Å². The van der Waals surface area contributed by atoms with Gasteiger partial charge in [0, 0.05) is 19.8 Å². The fourth-order valence-corrected chi connectivity index (χ4v) is 1.75. The summed E-state index contributed by atoms with van der Waals surface area (Å²) < 4.78 is 9.91. The first-order chi connectivity index (χ1) is 9.98. The van der Waals surface area contributed by atoms with Crippen molar-refractivity contribution < 1.29 is 36.1 Å². The molecule has 0 unspecified atom stereocenters. The Morgan fingerprint density at radius 1 is 0.818 bits per heavy atom. The van der Waals surface area contributed by atoms with Gasteiger partial charge >= 0.3 is 29.0 Å². The molecule has 0 aromatic rings. The summed E-state index contributed by atoms with van der Waals surface area (Å²) in [5.41, 5.74) is -0.0782. The molecule has 1 aliphatic heterocycles. The molecule has 2 saturated carbocycles. The second kappa shape index (κ2) is 8.73. The minimum atomic E-state index is -1.18. The van der Waals surface area contributed by atoms with Crippen LogP contribution in [0.4, 0.5) is 0 Å². The normalized spacial score (nSPS) is 23.8. The molecule has 0 aromatic carbocycles. The summed E-state index contributed by atoms with van der Waals surface area (Å²) in [6.45, 7) is 3.03. The van der Waals surface area contributed by atoms with Crippen LogP contribution in [0.2, 0.25) is 0 Å². The minimum Gasteiger partial charge on any atom is -0.419 e. The number of carbonyl (C=O) groups excluding carboxylic acids is 2. The van der Waals surface area contributed by atoms with E-state index in [1.807, 2.05) is 44.9 Å². The van der Waals surface area contributed by atoms with E-state index in [9.17, 15) is 9.59 Å². The van der Waals surface area contributed by atoms with Crippen molar-refractivity contribution in [1.29, 1.82) is 0 Å². The largest absolute Gasteiger partial charge is 2.00 e. The zero-order valence-corrected chi connectivity index (χ0v) is 13.4. The van der Waals surface area contributed by atoms with Crippen molar-refractivity contribution in [3.8, 4) is 0 Å². The summed E-state index contributed by atoms with van der Waals surface area (Å²) in [5, 5.41) is 0. The summed E-state index contributed by atoms with van der Waals surface area (Å²) in [6.07, 6.45) is 18.7. The van der Waals surface area contributed by atoms with Gasteiger partial charge in [0.25, 0.3) is 5.79 Å². The molecule has 0 spiro atoms. The Labute approximate surface area is 143 Å². The summed E-state index contributed by atoms with van der Waals surface area (Å²) in [4.78, 5) is 23.1. The molecule has 0 amide bonds. The molecule has 2 aliphatic carbocycles. The van der Waals surface area contributed by atoms with Crippen molar-refractivity contribution in [3.63, 3.8) is 0 Å². The van der Waals surface area contributed by atoms with E-state index in [4.69, 9.17) is 9.47 Å². The van der Waals surface area contributed by atoms with Crippen LogP contribution in [-0.4, -0.2) is 17.7 Å². The van der Waals surface area contributed by atoms with Gasteiger partial charge in [-0.05, 0) is 57.8 Å². The minimum absolute atomic E-state index is 0. The third-order valence-corrected chi connectivity index (χ3v) is 2.67. The van der Waals surface area contributed by atoms with Gasteiger partial charge in [0.1, 0.15) is 5.57 Å². The number of carbonyl (C=O) groups is 2. The number of hydrogen-bond acceptors (Lipinski definition) is 4. The summed E-state index contributed by atoms with van der Waals surface area (Å²) in [7, 11) is 0. The quantitative estimate of drug-likeness (QED) is 0.318. The molecule has 1 saturated heterocycles. The molecule has 3 fully saturated rings. The maximum atomic E-state index is 11.6. The van der Waals surface area contributed by atoms with Gasteiger partial charge < -0.3 is 9.47 Å². The molecule has 0 bridgehead atoms. The van der Waals surface area contributed by atoms with Gasteiger partial charge in [0.05, 0.1) is 0 Å². The number of hydrogen-bond donors (Lipinski definition) is 0. The molecular formula is C17H16FeO4+2. The first-order valence-electron chi connectivity index (χ1n) is 6.55. The Kier molecular flexibility index (Phi) is 7.64. The van der Waals surface area contributed by atoms with E-state index in [2.05, 4.69) is 0 Å². The second-order valence-corrected chi connectivity index (χ2v) is 4.92. The van der Waals surface area contributed by atoms with Crippen molar-refractivity contribution in [1.82, 2.24) is 0 Å². The van der Waals surface area contributed by atoms with Gasteiger partial charge in [0.15, 0.2) is 0 Å². The number of rotatable bonds is 1. The Morgan fingerprint density at radius 2 is 1.23 bits per heavy atom. The van der Waals surface area contributed by atoms with E-state index < -0.39 is 17.7 Å². The number of esters is 2. The van der Waals surface area contributed by atoms with Crippen LogP contribution in [0, 0.1) is 63.7 Å². The van der Waals surface area contributed by atoms with Crippen molar-refractivity contribution in [2.45, 2.75) is 19.6 Å². The fraction of sp³-hybridized carbons (Fsp3) is 0.176. The topological polar surface area (TPSA) is 52.6 Å². The van der Waals surface area contributed by atoms with Crippen molar-refractivity contribution >= 4 is 11.9 Å². The number of allylic oxidation sites excluding steroid dienone is 1. The van der Waals surface area contributed by atoms with Crippen molar-refractivity contribution in [3.05, 3.63) is 75.4 Å². The van der Waals surface area contributed by atoms with Crippen molar-refractivity contribution in [2.75, 3.05) is 0 Å². The van der Waals surface area contributed by atoms with Crippen LogP contribution in [0.15, 0.2) is 11.6 Å². The van der Waals surface area contributed by atoms with Gasteiger partial charge in [-0.3, -0.25) is 0 Å². The zero-order valence-electron chi connectivity index (χ0n) is 12.3. The second-order valence-electron chi connectivity index (χ2n) is 4.92. The molecule has 4 nitrogen and oxygen atoms in total. The molecule has 0 aromatic heterocycles. The predicted molar refractivity (Wildman–Crippen MR) is 76.3 cm³/mol. The molecule has 22 heavy (non-hydrogen) atoms. The summed E-state index contributed by atoms with van der Waals surface area (Å²) >= 11 is 0. The van der Waals surface area contributed by atoms with Crippen LogP contribution in [0.3, 0.4) is 0 Å². The molecule has 1 heterocycles. The van der Waals surface area contributed by atoms with Crippen LogP contribution in [0.1, 0.15) is 13.8 Å². The third-order valence-electron chi connectivity index (χ3n) is 2.67. The van der Waals surface area contributed by atoms with E-state index in [0.717, 1.165) is 5.92 Å². The van der Waals surface area contributed by atoms with Crippen LogP contribution < -0.4 is 0 Å². The van der Waals surface area contributed by atoms with E-state index in [1.165, 1.54) is 19.9 Å². The van der Waals surface area contributed by atoms with Crippen LogP contribution in [-0.2, 0) is 36.1 Å². The van der Waals surface area contributed by atoms with Crippen LogP contribution >= 0.6 is 0 Å². The Hall–Kier alpha value is -0.801. The Morgan fingerprint density at radius 3 is 1.64 bits per heavy atom. The molecule has 5 heteroatoms. The molecule has 0 atom stereocenters. The van der Waals surface area contributed by atoms with E-state index in [0.29, 0.717) is 0 Å². The summed E-state index contributed by atoms with van der Waals surface area (Å²) in [5.74, 6) is -1.72. The molecule has 114 valence electrons. The van der Waals surface area contributed by atoms with E-state index >= 15 is 0 Å².